The molecule has 1 unspecified atom stereocenters. The minimum atomic E-state index is -1.41. The Hall–Kier alpha value is -1.43. The van der Waals surface area contributed by atoms with Gasteiger partial charge in [0.25, 0.3) is 0 Å². The molecule has 1 aliphatic rings. The van der Waals surface area contributed by atoms with Crippen LogP contribution in [0.15, 0.2) is 30.3 Å². The molecule has 1 aromatic rings. The molecule has 1 aliphatic heterocycles. The van der Waals surface area contributed by atoms with E-state index in [1.54, 1.807) is 30.3 Å². The maximum Gasteiger partial charge on any atom is 0.337 e. The van der Waals surface area contributed by atoms with E-state index in [1.807, 2.05) is 0 Å². The molecule has 1 aromatic carbocycles. The van der Waals surface area contributed by atoms with Gasteiger partial charge in [-0.15, -0.1) is 0 Å². The van der Waals surface area contributed by atoms with E-state index in [1.165, 1.54) is 0 Å². The van der Waals surface area contributed by atoms with E-state index < -0.39 is 12.1 Å². The molecule has 1 fully saturated rings. The van der Waals surface area contributed by atoms with E-state index in [2.05, 4.69) is 5.32 Å². The maximum absolute atomic E-state index is 10.2. The van der Waals surface area contributed by atoms with Gasteiger partial charge in [-0.25, -0.2) is 4.79 Å². The molecule has 1 saturated heterocycles. The number of carboxylic acids is 1. The fraction of sp³-hybridized carbons (Fsp3) is 0.417. The molecular weight excluding hydrogens is 222 g/mol. The second-order valence-corrected chi connectivity index (χ2v) is 3.51. The fourth-order valence-corrected chi connectivity index (χ4v) is 1.29. The highest BCUT2D eigenvalue weighted by Crippen LogP contribution is 2.10. The molecule has 2 rings (SSSR count). The maximum atomic E-state index is 10.2. The molecule has 5 heteroatoms. The zero-order valence-corrected chi connectivity index (χ0v) is 9.50. The molecular formula is C12H17NO4. The van der Waals surface area contributed by atoms with Gasteiger partial charge in [0, 0.05) is 13.1 Å². The van der Waals surface area contributed by atoms with Crippen molar-refractivity contribution < 1.29 is 19.7 Å². The summed E-state index contributed by atoms with van der Waals surface area (Å²) in [5.41, 5.74) is 0.403. The minimum absolute atomic E-state index is 0.403. The number of carbonyl (C=O) groups is 1. The monoisotopic (exact) mass is 239 g/mol. The Morgan fingerprint density at radius 1 is 1.24 bits per heavy atom. The van der Waals surface area contributed by atoms with E-state index in [-0.39, 0.29) is 0 Å². The molecule has 17 heavy (non-hydrogen) atoms. The Labute approximate surface area is 100 Å². The lowest BCUT2D eigenvalue weighted by atomic mass is 10.1. The molecule has 0 aromatic heterocycles. The molecule has 1 heterocycles. The molecule has 0 saturated carbocycles. The van der Waals surface area contributed by atoms with Crippen molar-refractivity contribution >= 4 is 5.97 Å². The summed E-state index contributed by atoms with van der Waals surface area (Å²) in [7, 11) is 0. The highest BCUT2D eigenvalue weighted by Gasteiger charge is 2.14. The standard InChI is InChI=1S/C8H8O3.C4H9NO/c9-7(8(10)11)6-4-2-1-3-5-6;1-3-6-4-2-5-1/h1-5,7,9H,(H,10,11);5H,1-4H2. The lowest BCUT2D eigenvalue weighted by Crippen LogP contribution is -2.30. The summed E-state index contributed by atoms with van der Waals surface area (Å²) in [5, 5.41) is 20.5. The third-order valence-electron chi connectivity index (χ3n) is 2.20. The van der Waals surface area contributed by atoms with E-state index in [9.17, 15) is 4.79 Å². The molecule has 3 N–H and O–H groups in total. The average molecular weight is 239 g/mol. The Kier molecular flexibility index (Phi) is 6.24. The van der Waals surface area contributed by atoms with E-state index in [0.29, 0.717) is 5.56 Å². The quantitative estimate of drug-likeness (QED) is 0.696. The van der Waals surface area contributed by atoms with Crippen molar-refractivity contribution in [2.24, 2.45) is 0 Å². The zero-order chi connectivity index (χ0) is 12.5. The van der Waals surface area contributed by atoms with E-state index in [4.69, 9.17) is 14.9 Å². The van der Waals surface area contributed by atoms with Crippen LogP contribution in [0.2, 0.25) is 0 Å². The van der Waals surface area contributed by atoms with Crippen molar-refractivity contribution in [1.29, 1.82) is 0 Å². The highest BCUT2D eigenvalue weighted by atomic mass is 16.5. The van der Waals surface area contributed by atoms with Gasteiger partial charge in [0.2, 0.25) is 0 Å². The largest absolute Gasteiger partial charge is 0.479 e. The third kappa shape index (κ3) is 5.44. The van der Waals surface area contributed by atoms with Crippen LogP contribution in [0.5, 0.6) is 0 Å². The van der Waals surface area contributed by atoms with Crippen LogP contribution in [0.25, 0.3) is 0 Å². The predicted octanol–water partition coefficient (Wildman–Crippen LogP) is 0.411. The molecule has 0 radical (unpaired) electrons. The van der Waals surface area contributed by atoms with E-state index in [0.717, 1.165) is 26.3 Å². The van der Waals surface area contributed by atoms with Crippen molar-refractivity contribution in [1.82, 2.24) is 5.32 Å². The lowest BCUT2D eigenvalue weighted by molar-refractivity contribution is -0.146. The molecule has 0 aliphatic carbocycles. The number of aliphatic carboxylic acids is 1. The molecule has 0 spiro atoms. The van der Waals surface area contributed by atoms with E-state index >= 15 is 0 Å². The first-order valence-electron chi connectivity index (χ1n) is 5.46. The summed E-state index contributed by atoms with van der Waals surface area (Å²) < 4.78 is 5.01. The number of carboxylic acid groups (broad SMARTS) is 1. The Balaban J connectivity index is 0.000000202. The van der Waals surface area contributed by atoms with Crippen LogP contribution >= 0.6 is 0 Å². The van der Waals surface area contributed by atoms with Crippen LogP contribution in [0.1, 0.15) is 11.7 Å². The third-order valence-corrected chi connectivity index (χ3v) is 2.20. The summed E-state index contributed by atoms with van der Waals surface area (Å²) >= 11 is 0. The number of hydrogen-bond donors (Lipinski definition) is 3. The fourth-order valence-electron chi connectivity index (χ4n) is 1.29. The zero-order valence-electron chi connectivity index (χ0n) is 9.50. The van der Waals surface area contributed by atoms with Crippen LogP contribution in [-0.4, -0.2) is 42.5 Å². The van der Waals surface area contributed by atoms with Crippen molar-refractivity contribution in [2.45, 2.75) is 6.10 Å². The molecule has 1 atom stereocenters. The molecule has 0 bridgehead atoms. The first-order chi connectivity index (χ1) is 8.22. The SMILES string of the molecule is C1COCCN1.O=C(O)C(O)c1ccccc1. The first-order valence-corrected chi connectivity index (χ1v) is 5.46. The van der Waals surface area contributed by atoms with Crippen molar-refractivity contribution in [3.8, 4) is 0 Å². The van der Waals surface area contributed by atoms with Crippen molar-refractivity contribution in [3.63, 3.8) is 0 Å². The summed E-state index contributed by atoms with van der Waals surface area (Å²) in [6.45, 7) is 3.83. The summed E-state index contributed by atoms with van der Waals surface area (Å²) in [5.74, 6) is -1.23. The second kappa shape index (κ2) is 7.78. The smallest absolute Gasteiger partial charge is 0.337 e. The molecule has 94 valence electrons. The molecule has 0 amide bonds. The van der Waals surface area contributed by atoms with Crippen LogP contribution in [0, 0.1) is 0 Å². The van der Waals surface area contributed by atoms with Crippen LogP contribution < -0.4 is 5.32 Å². The first kappa shape index (κ1) is 13.6. The average Bonchev–Trinajstić information content (AvgIpc) is 2.41. The number of ether oxygens (including phenoxy) is 1. The second-order valence-electron chi connectivity index (χ2n) is 3.51. The van der Waals surface area contributed by atoms with Crippen molar-refractivity contribution in [3.05, 3.63) is 35.9 Å². The normalized spacial score (nSPS) is 16.5. The number of aliphatic hydroxyl groups excluding tert-OH is 1. The van der Waals surface area contributed by atoms with Gasteiger partial charge >= 0.3 is 5.97 Å². The Morgan fingerprint density at radius 2 is 1.82 bits per heavy atom. The summed E-state index contributed by atoms with van der Waals surface area (Å²) in [4.78, 5) is 10.2. The topological polar surface area (TPSA) is 78.8 Å². The summed E-state index contributed by atoms with van der Waals surface area (Å²) in [6.07, 6.45) is -1.41. The molecule has 5 nitrogen and oxygen atoms in total. The van der Waals surface area contributed by atoms with Gasteiger partial charge in [0.15, 0.2) is 6.10 Å². The van der Waals surface area contributed by atoms with Gasteiger partial charge in [0.05, 0.1) is 13.2 Å². The lowest BCUT2D eigenvalue weighted by Gasteiger charge is -2.10. The summed E-state index contributed by atoms with van der Waals surface area (Å²) in [6, 6.07) is 8.26. The van der Waals surface area contributed by atoms with Gasteiger partial charge in [-0.05, 0) is 5.56 Å². The van der Waals surface area contributed by atoms with Gasteiger partial charge in [-0.1, -0.05) is 30.3 Å². The Morgan fingerprint density at radius 3 is 2.18 bits per heavy atom. The minimum Gasteiger partial charge on any atom is -0.479 e. The predicted molar refractivity (Wildman–Crippen MR) is 62.7 cm³/mol. The number of benzene rings is 1. The van der Waals surface area contributed by atoms with Gasteiger partial charge in [-0.3, -0.25) is 0 Å². The van der Waals surface area contributed by atoms with Crippen LogP contribution in [0.4, 0.5) is 0 Å². The van der Waals surface area contributed by atoms with Crippen LogP contribution in [-0.2, 0) is 9.53 Å². The Bertz CT molecular complexity index is 313. The van der Waals surface area contributed by atoms with Gasteiger partial charge in [-0.2, -0.15) is 0 Å². The van der Waals surface area contributed by atoms with Crippen molar-refractivity contribution in [2.75, 3.05) is 26.3 Å². The number of morpholine rings is 1. The van der Waals surface area contributed by atoms with Crippen LogP contribution in [0.3, 0.4) is 0 Å². The number of hydrogen-bond acceptors (Lipinski definition) is 4. The van der Waals surface area contributed by atoms with Gasteiger partial charge < -0.3 is 20.3 Å². The number of aliphatic hydroxyl groups is 1. The number of nitrogens with one attached hydrogen (secondary N) is 1. The van der Waals surface area contributed by atoms with Gasteiger partial charge in [0.1, 0.15) is 0 Å². The highest BCUT2D eigenvalue weighted by molar-refractivity contribution is 5.73. The number of rotatable bonds is 2.